The lowest BCUT2D eigenvalue weighted by molar-refractivity contribution is -0.300. The molecule has 0 radical (unpaired) electrons. The van der Waals surface area contributed by atoms with Crippen LogP contribution in [0.4, 0.5) is 33.7 Å². The van der Waals surface area contributed by atoms with E-state index in [2.05, 4.69) is 20.1 Å². The van der Waals surface area contributed by atoms with Crippen molar-refractivity contribution in [1.82, 2.24) is 24.6 Å². The number of aromatic nitrogens is 4. The van der Waals surface area contributed by atoms with Crippen LogP contribution in [0.2, 0.25) is 5.02 Å². The molecule has 7 rings (SSSR count). The second-order valence-corrected chi connectivity index (χ2v) is 11.6. The van der Waals surface area contributed by atoms with Gasteiger partial charge in [0, 0.05) is 68.1 Å². The highest BCUT2D eigenvalue weighted by Gasteiger charge is 2.62. The Morgan fingerprint density at radius 1 is 0.974 bits per heavy atom. The molecular formula is C25H23ClF5N7O. The highest BCUT2D eigenvalue weighted by molar-refractivity contribution is 6.30. The van der Waals surface area contributed by atoms with E-state index in [9.17, 15) is 27.1 Å². The van der Waals surface area contributed by atoms with Crippen LogP contribution in [0.5, 0.6) is 0 Å². The van der Waals surface area contributed by atoms with Gasteiger partial charge in [-0.05, 0) is 23.8 Å². The van der Waals surface area contributed by atoms with Crippen LogP contribution in [0.1, 0.15) is 24.2 Å². The summed E-state index contributed by atoms with van der Waals surface area (Å²) in [6, 6.07) is 5.76. The maximum atomic E-state index is 14.2. The van der Waals surface area contributed by atoms with Crippen molar-refractivity contribution in [2.24, 2.45) is 5.41 Å². The van der Waals surface area contributed by atoms with Gasteiger partial charge in [0.05, 0.1) is 18.4 Å². The van der Waals surface area contributed by atoms with Gasteiger partial charge in [0.1, 0.15) is 5.82 Å². The normalized spacial score (nSPS) is 25.9. The molecule has 2 saturated heterocycles. The monoisotopic (exact) mass is 567 g/mol. The van der Waals surface area contributed by atoms with Crippen molar-refractivity contribution in [3.8, 4) is 5.69 Å². The molecule has 1 saturated carbocycles. The van der Waals surface area contributed by atoms with E-state index in [1.54, 1.807) is 17.0 Å². The van der Waals surface area contributed by atoms with Crippen LogP contribution in [0.15, 0.2) is 30.5 Å². The molecule has 1 aliphatic carbocycles. The summed E-state index contributed by atoms with van der Waals surface area (Å²) < 4.78 is 69.1. The minimum atomic E-state index is -4.67. The van der Waals surface area contributed by atoms with Crippen molar-refractivity contribution in [2.75, 3.05) is 36.0 Å². The number of benzene rings is 1. The SMILES string of the molecule is OC1(C(F)(F)F)CC(N2Cc3cc(Cl)ccc3-n3c(nnc3N3CC4(CN(c5ncc(F)cc5F)C4)C3)C2)C1. The summed E-state index contributed by atoms with van der Waals surface area (Å²) in [7, 11) is 0. The summed E-state index contributed by atoms with van der Waals surface area (Å²) >= 11 is 6.28. The fourth-order valence-electron chi connectivity index (χ4n) is 6.34. The first-order valence-corrected chi connectivity index (χ1v) is 12.9. The first-order valence-electron chi connectivity index (χ1n) is 12.5. The van der Waals surface area contributed by atoms with Crippen LogP contribution in [-0.4, -0.2) is 73.8 Å². The maximum Gasteiger partial charge on any atom is 0.417 e. The fourth-order valence-corrected chi connectivity index (χ4v) is 6.54. The largest absolute Gasteiger partial charge is 0.417 e. The molecule has 206 valence electrons. The van der Waals surface area contributed by atoms with E-state index in [0.29, 0.717) is 49.5 Å². The third-order valence-corrected chi connectivity index (χ3v) is 8.62. The van der Waals surface area contributed by atoms with Crippen LogP contribution in [0.25, 0.3) is 5.69 Å². The number of alkyl halides is 3. The number of pyridine rings is 1. The molecule has 0 atom stereocenters. The molecule has 0 bridgehead atoms. The van der Waals surface area contributed by atoms with Crippen LogP contribution in [-0.2, 0) is 13.1 Å². The first-order chi connectivity index (χ1) is 18.4. The maximum absolute atomic E-state index is 14.2. The molecule has 4 aliphatic rings. The Morgan fingerprint density at radius 2 is 1.69 bits per heavy atom. The predicted molar refractivity (Wildman–Crippen MR) is 131 cm³/mol. The van der Waals surface area contributed by atoms with Crippen molar-refractivity contribution < 1.29 is 27.1 Å². The average molecular weight is 568 g/mol. The molecule has 14 heteroatoms. The molecule has 3 aliphatic heterocycles. The minimum absolute atomic E-state index is 0.0809. The number of rotatable bonds is 3. The van der Waals surface area contributed by atoms with Gasteiger partial charge >= 0.3 is 6.18 Å². The Kier molecular flexibility index (Phi) is 5.28. The third-order valence-electron chi connectivity index (χ3n) is 8.38. The Morgan fingerprint density at radius 3 is 2.38 bits per heavy atom. The number of fused-ring (bicyclic) bond motifs is 3. The molecule has 2 aromatic heterocycles. The highest BCUT2D eigenvalue weighted by Crippen LogP contribution is 2.49. The molecule has 0 unspecified atom stereocenters. The summed E-state index contributed by atoms with van der Waals surface area (Å²) in [5.41, 5.74) is -1.12. The standard InChI is InChI=1S/C25H23ClF5N7O/c26-15-1-2-19-14(3-15)8-35(17-5-24(39,6-17)25(29,30)31)9-20-33-34-22(38(19)20)37-12-23(13-37)10-36(11-23)21-18(28)4-16(27)7-32-21/h1-4,7,17,39H,5-6,8-13H2. The van der Waals surface area contributed by atoms with E-state index in [1.807, 2.05) is 15.5 Å². The Hall–Kier alpha value is -3.03. The van der Waals surface area contributed by atoms with Crippen molar-refractivity contribution in [1.29, 1.82) is 0 Å². The lowest BCUT2D eigenvalue weighted by atomic mass is 9.73. The highest BCUT2D eigenvalue weighted by atomic mass is 35.5. The number of halogens is 6. The van der Waals surface area contributed by atoms with Gasteiger partial charge in [0.25, 0.3) is 0 Å². The number of aliphatic hydroxyl groups is 1. The smallest absolute Gasteiger partial charge is 0.380 e. The lowest BCUT2D eigenvalue weighted by Gasteiger charge is -2.60. The first kappa shape index (κ1) is 25.0. The molecule has 1 N–H and O–H groups in total. The zero-order valence-corrected chi connectivity index (χ0v) is 21.2. The zero-order valence-electron chi connectivity index (χ0n) is 20.5. The molecule has 3 fully saturated rings. The van der Waals surface area contributed by atoms with Gasteiger partial charge in [0.15, 0.2) is 23.1 Å². The van der Waals surface area contributed by atoms with Crippen LogP contribution >= 0.6 is 11.6 Å². The average Bonchev–Trinajstić information content (AvgIpc) is 3.10. The van der Waals surface area contributed by atoms with Crippen molar-refractivity contribution in [3.05, 3.63) is 58.5 Å². The zero-order chi connectivity index (χ0) is 27.3. The van der Waals surface area contributed by atoms with Gasteiger partial charge in [-0.1, -0.05) is 11.6 Å². The summed E-state index contributed by atoms with van der Waals surface area (Å²) in [5.74, 6) is -0.0736. The number of nitrogens with zero attached hydrogens (tertiary/aromatic N) is 7. The quantitative estimate of drug-likeness (QED) is 0.484. The molecule has 3 aromatic rings. The van der Waals surface area contributed by atoms with E-state index < -0.39 is 42.3 Å². The second-order valence-electron chi connectivity index (χ2n) is 11.2. The predicted octanol–water partition coefficient (Wildman–Crippen LogP) is 3.69. The van der Waals surface area contributed by atoms with Crippen molar-refractivity contribution in [2.45, 2.75) is 43.8 Å². The minimum Gasteiger partial charge on any atom is -0.380 e. The van der Waals surface area contributed by atoms with Gasteiger partial charge < -0.3 is 14.9 Å². The van der Waals surface area contributed by atoms with Gasteiger partial charge in [-0.25, -0.2) is 13.8 Å². The second kappa shape index (κ2) is 8.24. The molecule has 39 heavy (non-hydrogen) atoms. The summed E-state index contributed by atoms with van der Waals surface area (Å²) in [4.78, 5) is 9.63. The Bertz CT molecular complexity index is 1460. The van der Waals surface area contributed by atoms with Crippen molar-refractivity contribution in [3.63, 3.8) is 0 Å². The van der Waals surface area contributed by atoms with E-state index >= 15 is 0 Å². The molecule has 0 amide bonds. The Labute approximate surface area is 224 Å². The number of anilines is 2. The van der Waals surface area contributed by atoms with Gasteiger partial charge in [-0.15, -0.1) is 10.2 Å². The topological polar surface area (TPSA) is 73.6 Å². The summed E-state index contributed by atoms with van der Waals surface area (Å²) in [5, 5.41) is 19.3. The van der Waals surface area contributed by atoms with E-state index in [4.69, 9.17) is 11.6 Å². The molecule has 8 nitrogen and oxygen atoms in total. The number of hydrogen-bond donors (Lipinski definition) is 1. The van der Waals surface area contributed by atoms with E-state index in [1.165, 1.54) is 0 Å². The van der Waals surface area contributed by atoms with Crippen LogP contribution in [0, 0.1) is 17.0 Å². The molecule has 1 aromatic carbocycles. The fraction of sp³-hybridized carbons (Fsp3) is 0.480. The van der Waals surface area contributed by atoms with Crippen LogP contribution in [0.3, 0.4) is 0 Å². The summed E-state index contributed by atoms with van der Waals surface area (Å²) in [6.45, 7) is 3.07. The van der Waals surface area contributed by atoms with Gasteiger partial charge in [-0.3, -0.25) is 9.47 Å². The molecule has 1 spiro atoms. The number of hydrogen-bond acceptors (Lipinski definition) is 7. The van der Waals surface area contributed by atoms with Gasteiger partial charge in [0.2, 0.25) is 5.95 Å². The van der Waals surface area contributed by atoms with E-state index in [0.717, 1.165) is 23.5 Å². The van der Waals surface area contributed by atoms with Gasteiger partial charge in [-0.2, -0.15) is 13.2 Å². The van der Waals surface area contributed by atoms with Crippen molar-refractivity contribution >= 4 is 23.4 Å². The summed E-state index contributed by atoms with van der Waals surface area (Å²) in [6.07, 6.45) is -4.47. The molecule has 5 heterocycles. The van der Waals surface area contributed by atoms with Crippen LogP contribution < -0.4 is 9.80 Å². The third kappa shape index (κ3) is 3.88. The lowest BCUT2D eigenvalue weighted by Crippen LogP contribution is -2.73. The van der Waals surface area contributed by atoms with E-state index in [-0.39, 0.29) is 17.8 Å². The molecular weight excluding hydrogens is 545 g/mol. The Balaban J connectivity index is 1.11.